The van der Waals surface area contributed by atoms with E-state index in [9.17, 15) is 9.59 Å². The molecule has 0 saturated carbocycles. The number of hydrogen-bond donors (Lipinski definition) is 3. The van der Waals surface area contributed by atoms with Gasteiger partial charge in [0.25, 0.3) is 5.91 Å². The third-order valence-corrected chi connectivity index (χ3v) is 6.42. The molecule has 0 fully saturated rings. The summed E-state index contributed by atoms with van der Waals surface area (Å²) in [6, 6.07) is 11.7. The number of aryl methyl sites for hydroxylation is 1. The lowest BCUT2D eigenvalue weighted by Gasteiger charge is -2.14. The third kappa shape index (κ3) is 6.93. The smallest absolute Gasteiger partial charge is 0.274 e. The maximum Gasteiger partial charge on any atom is 0.274 e. The molecule has 1 atom stereocenters. The van der Waals surface area contributed by atoms with E-state index in [1.54, 1.807) is 49.5 Å². The molecule has 2 amide bonds. The van der Waals surface area contributed by atoms with Crippen LogP contribution >= 0.6 is 11.3 Å². The van der Waals surface area contributed by atoms with Gasteiger partial charge in [0.1, 0.15) is 6.04 Å². The van der Waals surface area contributed by atoms with E-state index in [1.807, 2.05) is 23.6 Å². The molecule has 0 spiro atoms. The molecule has 4 rings (SSSR count). The molecule has 4 aromatic rings. The number of nitrogens with one attached hydrogen (secondary N) is 2. The van der Waals surface area contributed by atoms with Crippen LogP contribution in [0.2, 0.25) is 0 Å². The first-order valence-electron chi connectivity index (χ1n) is 11.7. The number of carbonyl (C=O) groups excluding carboxylic acids is 2. The van der Waals surface area contributed by atoms with Crippen molar-refractivity contribution < 1.29 is 28.8 Å². The van der Waals surface area contributed by atoms with Crippen LogP contribution in [0.25, 0.3) is 0 Å². The SMILES string of the molecule is COc1ccc(CCC(=O)N[C@@H](Cc2cscn2)c2nc(Cc3ccc(C(=O)NO)cc3)no2)cc1OC. The number of aromatic nitrogens is 3. The predicted octanol–water partition coefficient (Wildman–Crippen LogP) is 3.29. The first-order valence-corrected chi connectivity index (χ1v) is 12.7. The molecule has 11 nitrogen and oxygen atoms in total. The largest absolute Gasteiger partial charge is 0.493 e. The van der Waals surface area contributed by atoms with Crippen LogP contribution in [0.1, 0.15) is 51.4 Å². The zero-order valence-corrected chi connectivity index (χ0v) is 21.7. The van der Waals surface area contributed by atoms with E-state index in [1.165, 1.54) is 11.3 Å². The average molecular weight is 538 g/mol. The van der Waals surface area contributed by atoms with Gasteiger partial charge in [0.05, 0.1) is 25.4 Å². The van der Waals surface area contributed by atoms with E-state index in [0.29, 0.717) is 42.1 Å². The molecule has 2 heterocycles. The van der Waals surface area contributed by atoms with Crippen LogP contribution in [-0.4, -0.2) is 46.4 Å². The summed E-state index contributed by atoms with van der Waals surface area (Å²) in [7, 11) is 3.14. The molecular weight excluding hydrogens is 510 g/mol. The van der Waals surface area contributed by atoms with E-state index < -0.39 is 11.9 Å². The maximum absolute atomic E-state index is 12.9. The summed E-state index contributed by atoms with van der Waals surface area (Å²) in [5, 5.41) is 17.7. The Balaban J connectivity index is 1.42. The first kappa shape index (κ1) is 26.8. The van der Waals surface area contributed by atoms with Crippen molar-refractivity contribution >= 4 is 23.2 Å². The van der Waals surface area contributed by atoms with E-state index in [2.05, 4.69) is 20.4 Å². The lowest BCUT2D eigenvalue weighted by Crippen LogP contribution is -2.30. The molecular formula is C26H27N5O6S. The van der Waals surface area contributed by atoms with Crippen molar-refractivity contribution in [3.63, 3.8) is 0 Å². The normalized spacial score (nSPS) is 11.6. The topological polar surface area (TPSA) is 149 Å². The monoisotopic (exact) mass is 537 g/mol. The van der Waals surface area contributed by atoms with Gasteiger partial charge in [-0.15, -0.1) is 11.3 Å². The summed E-state index contributed by atoms with van der Waals surface area (Å²) >= 11 is 1.46. The Hall–Kier alpha value is -4.29. The zero-order valence-electron chi connectivity index (χ0n) is 20.8. The van der Waals surface area contributed by atoms with Crippen molar-refractivity contribution in [2.75, 3.05) is 14.2 Å². The van der Waals surface area contributed by atoms with Crippen molar-refractivity contribution in [3.05, 3.63) is 87.5 Å². The summed E-state index contributed by atoms with van der Waals surface area (Å²) in [4.78, 5) is 33.2. The highest BCUT2D eigenvalue weighted by atomic mass is 32.1. The predicted molar refractivity (Wildman–Crippen MR) is 137 cm³/mol. The Morgan fingerprint density at radius 2 is 1.84 bits per heavy atom. The molecule has 0 aliphatic heterocycles. The molecule has 2 aromatic carbocycles. The van der Waals surface area contributed by atoms with Gasteiger partial charge in [-0.05, 0) is 41.8 Å². The van der Waals surface area contributed by atoms with Crippen LogP contribution in [0.4, 0.5) is 0 Å². The van der Waals surface area contributed by atoms with Crippen molar-refractivity contribution in [3.8, 4) is 11.5 Å². The number of ether oxygens (including phenoxy) is 2. The number of amides is 2. The molecule has 0 unspecified atom stereocenters. The quantitative estimate of drug-likeness (QED) is 0.183. The molecule has 3 N–H and O–H groups in total. The fourth-order valence-corrected chi connectivity index (χ4v) is 4.38. The van der Waals surface area contributed by atoms with E-state index in [-0.39, 0.29) is 18.2 Å². The van der Waals surface area contributed by atoms with Crippen LogP contribution in [0.3, 0.4) is 0 Å². The number of benzene rings is 2. The lowest BCUT2D eigenvalue weighted by molar-refractivity contribution is -0.122. The van der Waals surface area contributed by atoms with E-state index in [0.717, 1.165) is 16.8 Å². The van der Waals surface area contributed by atoms with E-state index >= 15 is 0 Å². The summed E-state index contributed by atoms with van der Waals surface area (Å²) in [6.45, 7) is 0. The first-order chi connectivity index (χ1) is 18.5. The number of carbonyl (C=O) groups is 2. The van der Waals surface area contributed by atoms with Gasteiger partial charge in [-0.25, -0.2) is 10.5 Å². The van der Waals surface area contributed by atoms with Gasteiger partial charge < -0.3 is 19.3 Å². The van der Waals surface area contributed by atoms with Crippen LogP contribution in [0.5, 0.6) is 11.5 Å². The Kier molecular flexibility index (Phi) is 9.01. The number of rotatable bonds is 12. The van der Waals surface area contributed by atoms with Crippen LogP contribution < -0.4 is 20.3 Å². The van der Waals surface area contributed by atoms with Crippen molar-refractivity contribution in [1.29, 1.82) is 0 Å². The fraction of sp³-hybridized carbons (Fsp3) is 0.269. The van der Waals surface area contributed by atoms with Gasteiger partial charge >= 0.3 is 0 Å². The number of thiazole rings is 1. The van der Waals surface area contributed by atoms with Crippen molar-refractivity contribution in [2.45, 2.75) is 31.7 Å². The zero-order chi connectivity index (χ0) is 26.9. The molecule has 2 aromatic heterocycles. The van der Waals surface area contributed by atoms with Gasteiger partial charge in [0, 0.05) is 30.2 Å². The minimum absolute atomic E-state index is 0.169. The summed E-state index contributed by atoms with van der Waals surface area (Å²) in [5.74, 6) is 1.19. The molecule has 0 aliphatic rings. The van der Waals surface area contributed by atoms with Gasteiger partial charge in [0.2, 0.25) is 11.8 Å². The highest BCUT2D eigenvalue weighted by molar-refractivity contribution is 7.07. The second kappa shape index (κ2) is 12.8. The Morgan fingerprint density at radius 1 is 1.08 bits per heavy atom. The Labute approximate surface area is 222 Å². The standard InChI is InChI=1S/C26H27N5O6S/c1-35-21-9-5-16(11-22(21)36-2)6-10-24(32)28-20(13-19-14-38-15-27-19)26-29-23(31-37-26)12-17-3-7-18(8-4-17)25(33)30-34/h3-5,7-9,11,14-15,20,34H,6,10,12-13H2,1-2H3,(H,28,32)(H,30,33)/t20-/m0/s1. The lowest BCUT2D eigenvalue weighted by atomic mass is 10.1. The fourth-order valence-electron chi connectivity index (χ4n) is 3.81. The molecule has 0 bridgehead atoms. The highest BCUT2D eigenvalue weighted by Crippen LogP contribution is 2.28. The van der Waals surface area contributed by atoms with Crippen LogP contribution in [0, 0.1) is 0 Å². The number of nitrogens with zero attached hydrogens (tertiary/aromatic N) is 3. The van der Waals surface area contributed by atoms with Crippen LogP contribution in [0.15, 0.2) is 57.9 Å². The van der Waals surface area contributed by atoms with Gasteiger partial charge in [0.15, 0.2) is 17.3 Å². The van der Waals surface area contributed by atoms with Gasteiger partial charge in [-0.1, -0.05) is 23.4 Å². The molecule has 0 saturated heterocycles. The molecule has 0 radical (unpaired) electrons. The van der Waals surface area contributed by atoms with Crippen molar-refractivity contribution in [1.82, 2.24) is 25.9 Å². The van der Waals surface area contributed by atoms with Gasteiger partial charge in [-0.2, -0.15) is 4.98 Å². The summed E-state index contributed by atoms with van der Waals surface area (Å²) in [5.41, 5.74) is 6.24. The van der Waals surface area contributed by atoms with E-state index in [4.69, 9.17) is 19.2 Å². The Bertz CT molecular complexity index is 1360. The average Bonchev–Trinajstić information content (AvgIpc) is 3.63. The second-order valence-electron chi connectivity index (χ2n) is 8.36. The molecule has 12 heteroatoms. The minimum atomic E-state index is -0.592. The minimum Gasteiger partial charge on any atom is -0.493 e. The second-order valence-corrected chi connectivity index (χ2v) is 9.08. The molecule has 0 aliphatic carbocycles. The number of methoxy groups -OCH3 is 2. The summed E-state index contributed by atoms with van der Waals surface area (Å²) in [6.07, 6.45) is 1.52. The number of hydrogen-bond acceptors (Lipinski definition) is 10. The summed E-state index contributed by atoms with van der Waals surface area (Å²) < 4.78 is 16.1. The van der Waals surface area contributed by atoms with Crippen LogP contribution in [-0.2, 0) is 24.1 Å². The van der Waals surface area contributed by atoms with Gasteiger partial charge in [-0.3, -0.25) is 14.8 Å². The Morgan fingerprint density at radius 3 is 2.53 bits per heavy atom. The highest BCUT2D eigenvalue weighted by Gasteiger charge is 2.23. The third-order valence-electron chi connectivity index (χ3n) is 5.78. The molecule has 38 heavy (non-hydrogen) atoms. The van der Waals surface area contributed by atoms with Crippen molar-refractivity contribution in [2.24, 2.45) is 0 Å². The maximum atomic E-state index is 12.9. The number of hydroxylamine groups is 1. The molecule has 198 valence electrons.